The van der Waals surface area contributed by atoms with Crippen molar-refractivity contribution in [2.45, 2.75) is 12.5 Å². The number of likely N-dealkylation sites (tertiary alicyclic amines) is 1. The van der Waals surface area contributed by atoms with Crippen molar-refractivity contribution in [2.75, 3.05) is 32.1 Å². The molecule has 8 nitrogen and oxygen atoms in total. The zero-order valence-corrected chi connectivity index (χ0v) is 13.5. The topological polar surface area (TPSA) is 88.8 Å². The monoisotopic (exact) mass is 330 g/mol. The van der Waals surface area contributed by atoms with Gasteiger partial charge in [0.1, 0.15) is 12.4 Å². The summed E-state index contributed by atoms with van der Waals surface area (Å²) in [6, 6.07) is 6.29. The Morgan fingerprint density at radius 1 is 1.29 bits per heavy atom. The SMILES string of the molecule is CN(C)c1ccc(OC2CCN(C(=O)c3ccc(=O)oc3)C2)nn1. The summed E-state index contributed by atoms with van der Waals surface area (Å²) in [5.74, 6) is 1.00. The molecule has 0 aromatic carbocycles. The summed E-state index contributed by atoms with van der Waals surface area (Å²) < 4.78 is 10.5. The molecule has 1 unspecified atom stereocenters. The van der Waals surface area contributed by atoms with Crippen LogP contribution >= 0.6 is 0 Å². The molecule has 2 aromatic heterocycles. The number of aromatic nitrogens is 2. The third-order valence-corrected chi connectivity index (χ3v) is 3.75. The normalized spacial score (nSPS) is 16.9. The van der Waals surface area contributed by atoms with E-state index in [-0.39, 0.29) is 12.0 Å². The second-order valence-electron chi connectivity index (χ2n) is 5.75. The smallest absolute Gasteiger partial charge is 0.335 e. The molecule has 2 aromatic rings. The predicted molar refractivity (Wildman–Crippen MR) is 86.3 cm³/mol. The van der Waals surface area contributed by atoms with Crippen molar-refractivity contribution >= 4 is 11.7 Å². The standard InChI is InChI=1S/C16H18N4O4/c1-19(2)13-4-5-14(18-17-13)24-12-7-8-20(9-12)16(22)11-3-6-15(21)23-10-11/h3-6,10,12H,7-9H2,1-2H3. The lowest BCUT2D eigenvalue weighted by atomic mass is 10.2. The number of rotatable bonds is 4. The molecular weight excluding hydrogens is 312 g/mol. The molecule has 3 rings (SSSR count). The van der Waals surface area contributed by atoms with E-state index >= 15 is 0 Å². The summed E-state index contributed by atoms with van der Waals surface area (Å²) in [6.07, 6.45) is 1.76. The minimum Gasteiger partial charge on any atom is -0.471 e. The fourth-order valence-electron chi connectivity index (χ4n) is 2.46. The largest absolute Gasteiger partial charge is 0.471 e. The Balaban J connectivity index is 1.59. The molecule has 126 valence electrons. The van der Waals surface area contributed by atoms with Gasteiger partial charge < -0.3 is 19.0 Å². The van der Waals surface area contributed by atoms with Gasteiger partial charge in [-0.1, -0.05) is 0 Å². The minimum atomic E-state index is -0.478. The van der Waals surface area contributed by atoms with Crippen molar-refractivity contribution in [3.05, 3.63) is 46.5 Å². The van der Waals surface area contributed by atoms with Crippen molar-refractivity contribution in [1.82, 2.24) is 15.1 Å². The third-order valence-electron chi connectivity index (χ3n) is 3.75. The number of carbonyl (C=O) groups excluding carboxylic acids is 1. The van der Waals surface area contributed by atoms with E-state index in [9.17, 15) is 9.59 Å². The van der Waals surface area contributed by atoms with Gasteiger partial charge >= 0.3 is 5.63 Å². The fraction of sp³-hybridized carbons (Fsp3) is 0.375. The Morgan fingerprint density at radius 2 is 2.12 bits per heavy atom. The van der Waals surface area contributed by atoms with Gasteiger partial charge in [0.15, 0.2) is 5.82 Å². The van der Waals surface area contributed by atoms with Crippen LogP contribution < -0.4 is 15.3 Å². The van der Waals surface area contributed by atoms with Crippen LogP contribution in [0.15, 0.2) is 39.7 Å². The van der Waals surface area contributed by atoms with E-state index in [2.05, 4.69) is 10.2 Å². The first-order valence-corrected chi connectivity index (χ1v) is 7.59. The number of carbonyl (C=O) groups is 1. The fourth-order valence-corrected chi connectivity index (χ4v) is 2.46. The molecule has 1 atom stereocenters. The molecule has 1 aliphatic rings. The summed E-state index contributed by atoms with van der Waals surface area (Å²) in [7, 11) is 3.77. The van der Waals surface area contributed by atoms with Gasteiger partial charge in [-0.15, -0.1) is 10.2 Å². The highest BCUT2D eigenvalue weighted by Gasteiger charge is 2.29. The zero-order valence-electron chi connectivity index (χ0n) is 13.5. The summed E-state index contributed by atoms with van der Waals surface area (Å²) in [5, 5.41) is 8.09. The Bertz CT molecular complexity index is 752. The lowest BCUT2D eigenvalue weighted by Crippen LogP contribution is -2.31. The molecule has 0 saturated carbocycles. The summed E-state index contributed by atoms with van der Waals surface area (Å²) in [5.41, 5.74) is -0.126. The van der Waals surface area contributed by atoms with Crippen LogP contribution in [0.2, 0.25) is 0 Å². The van der Waals surface area contributed by atoms with Crippen molar-refractivity contribution < 1.29 is 13.9 Å². The van der Waals surface area contributed by atoms with E-state index in [1.54, 1.807) is 11.0 Å². The van der Waals surface area contributed by atoms with E-state index < -0.39 is 5.63 Å². The highest BCUT2D eigenvalue weighted by atomic mass is 16.5. The van der Waals surface area contributed by atoms with Gasteiger partial charge in [0.2, 0.25) is 5.88 Å². The van der Waals surface area contributed by atoms with Gasteiger partial charge in [0.25, 0.3) is 5.91 Å². The van der Waals surface area contributed by atoms with Crippen molar-refractivity contribution in [3.63, 3.8) is 0 Å². The molecule has 0 bridgehead atoms. The summed E-state index contributed by atoms with van der Waals surface area (Å²) in [4.78, 5) is 26.8. The number of hydrogen-bond acceptors (Lipinski definition) is 7. The summed E-state index contributed by atoms with van der Waals surface area (Å²) in [6.45, 7) is 1.03. The van der Waals surface area contributed by atoms with Crippen molar-refractivity contribution in [2.24, 2.45) is 0 Å². The molecule has 3 heterocycles. The quantitative estimate of drug-likeness (QED) is 0.819. The maximum Gasteiger partial charge on any atom is 0.335 e. The van der Waals surface area contributed by atoms with Crippen LogP contribution in [-0.2, 0) is 0 Å². The maximum atomic E-state index is 12.4. The van der Waals surface area contributed by atoms with Gasteiger partial charge in [-0.2, -0.15) is 0 Å². The number of hydrogen-bond donors (Lipinski definition) is 0. The number of amides is 1. The van der Waals surface area contributed by atoms with Gasteiger partial charge in [-0.25, -0.2) is 4.79 Å². The lowest BCUT2D eigenvalue weighted by molar-refractivity contribution is 0.0768. The Kier molecular flexibility index (Phi) is 4.45. The van der Waals surface area contributed by atoms with Gasteiger partial charge in [-0.05, 0) is 12.1 Å². The molecule has 1 amide bonds. The van der Waals surface area contributed by atoms with Crippen LogP contribution in [0.3, 0.4) is 0 Å². The number of anilines is 1. The zero-order chi connectivity index (χ0) is 17.1. The highest BCUT2D eigenvalue weighted by molar-refractivity contribution is 5.93. The molecule has 1 saturated heterocycles. The van der Waals surface area contributed by atoms with Crippen molar-refractivity contribution in [3.8, 4) is 5.88 Å². The van der Waals surface area contributed by atoms with Crippen LogP contribution in [0.5, 0.6) is 5.88 Å². The minimum absolute atomic E-state index is 0.135. The van der Waals surface area contributed by atoms with Crippen LogP contribution in [-0.4, -0.2) is 54.3 Å². The first kappa shape index (κ1) is 16.0. The van der Waals surface area contributed by atoms with Crippen LogP contribution in [0.25, 0.3) is 0 Å². The van der Waals surface area contributed by atoms with E-state index in [0.29, 0.717) is 31.0 Å². The van der Waals surface area contributed by atoms with Crippen LogP contribution in [0, 0.1) is 0 Å². The molecule has 0 spiro atoms. The van der Waals surface area contributed by atoms with E-state index in [0.717, 1.165) is 5.82 Å². The first-order valence-electron chi connectivity index (χ1n) is 7.59. The summed E-state index contributed by atoms with van der Waals surface area (Å²) >= 11 is 0. The second kappa shape index (κ2) is 6.69. The molecule has 0 radical (unpaired) electrons. The van der Waals surface area contributed by atoms with Crippen molar-refractivity contribution in [1.29, 1.82) is 0 Å². The van der Waals surface area contributed by atoms with E-state index in [1.807, 2.05) is 25.1 Å². The predicted octanol–water partition coefficient (Wildman–Crippen LogP) is 0.789. The molecule has 8 heteroatoms. The molecule has 0 N–H and O–H groups in total. The van der Waals surface area contributed by atoms with Crippen LogP contribution in [0.1, 0.15) is 16.8 Å². The maximum absolute atomic E-state index is 12.4. The third kappa shape index (κ3) is 3.53. The van der Waals surface area contributed by atoms with E-state index in [4.69, 9.17) is 9.15 Å². The van der Waals surface area contributed by atoms with Gasteiger partial charge in [0.05, 0.1) is 12.1 Å². The Morgan fingerprint density at radius 3 is 2.75 bits per heavy atom. The lowest BCUT2D eigenvalue weighted by Gasteiger charge is -2.17. The molecule has 1 aliphatic heterocycles. The first-order chi connectivity index (χ1) is 11.5. The van der Waals surface area contributed by atoms with Gasteiger partial charge in [0, 0.05) is 39.2 Å². The molecular formula is C16H18N4O4. The van der Waals surface area contributed by atoms with Gasteiger partial charge in [-0.3, -0.25) is 4.79 Å². The average molecular weight is 330 g/mol. The number of ether oxygens (including phenoxy) is 1. The average Bonchev–Trinajstić information content (AvgIpc) is 3.04. The Hall–Kier alpha value is -2.90. The molecule has 0 aliphatic carbocycles. The highest BCUT2D eigenvalue weighted by Crippen LogP contribution is 2.19. The second-order valence-corrected chi connectivity index (χ2v) is 5.75. The van der Waals surface area contributed by atoms with Crippen LogP contribution in [0.4, 0.5) is 5.82 Å². The molecule has 1 fully saturated rings. The Labute approximate surface area is 138 Å². The number of nitrogens with zero attached hydrogens (tertiary/aromatic N) is 4. The van der Waals surface area contributed by atoms with E-state index in [1.165, 1.54) is 18.4 Å². The molecule has 24 heavy (non-hydrogen) atoms.